The minimum Gasteiger partial charge on any atom is -0.462 e. The quantitative estimate of drug-likeness (QED) is 0.0270. The van der Waals surface area contributed by atoms with Gasteiger partial charge in [-0.1, -0.05) is 173 Å². The van der Waals surface area contributed by atoms with Crippen molar-refractivity contribution < 1.29 is 28.6 Å². The van der Waals surface area contributed by atoms with Crippen LogP contribution in [0.5, 0.6) is 0 Å². The topological polar surface area (TPSA) is 78.9 Å². The van der Waals surface area contributed by atoms with E-state index in [4.69, 9.17) is 14.2 Å². The Kier molecular flexibility index (Phi) is 40.0. The molecule has 0 spiro atoms. The molecule has 0 N–H and O–H groups in total. The summed E-state index contributed by atoms with van der Waals surface area (Å²) in [5, 5.41) is 0. The molecule has 0 aromatic heterocycles. The summed E-state index contributed by atoms with van der Waals surface area (Å²) in [4.78, 5) is 37.6. The van der Waals surface area contributed by atoms with Crippen molar-refractivity contribution in [3.63, 3.8) is 0 Å². The third kappa shape index (κ3) is 39.1. The molecule has 1 atom stereocenters. The summed E-state index contributed by atoms with van der Waals surface area (Å²) >= 11 is 0. The van der Waals surface area contributed by atoms with Crippen LogP contribution in [-0.4, -0.2) is 37.2 Å². The molecule has 52 heavy (non-hydrogen) atoms. The van der Waals surface area contributed by atoms with Crippen molar-refractivity contribution in [2.45, 2.75) is 239 Å². The fourth-order valence-electron chi connectivity index (χ4n) is 6.26. The fraction of sp³-hybridized carbons (Fsp3) is 0.848. The van der Waals surface area contributed by atoms with Gasteiger partial charge in [0, 0.05) is 19.3 Å². The van der Waals surface area contributed by atoms with Gasteiger partial charge < -0.3 is 14.2 Å². The molecule has 0 bridgehead atoms. The molecule has 0 fully saturated rings. The lowest BCUT2D eigenvalue weighted by atomic mass is 10.1. The van der Waals surface area contributed by atoms with E-state index in [-0.39, 0.29) is 31.1 Å². The second kappa shape index (κ2) is 41.6. The standard InChI is InChI=1S/C46H84O6/c1-4-7-10-13-16-19-21-22-23-24-25-28-30-33-36-39-45(48)51-42-43(41-50-44(47)38-35-32-29-26-18-15-12-9-6-3)52-46(49)40-37-34-31-27-20-17-14-11-8-5-2/h11,14,22-23,43H,4-10,12-13,15-21,24-42H2,1-3H3/b14-11-,23-22-. The Morgan fingerprint density at radius 1 is 0.365 bits per heavy atom. The fourth-order valence-corrected chi connectivity index (χ4v) is 6.26. The van der Waals surface area contributed by atoms with Gasteiger partial charge in [-0.3, -0.25) is 14.4 Å². The van der Waals surface area contributed by atoms with E-state index in [2.05, 4.69) is 45.1 Å². The molecule has 0 aliphatic carbocycles. The third-order valence-electron chi connectivity index (χ3n) is 9.66. The molecule has 0 aromatic carbocycles. The van der Waals surface area contributed by atoms with Gasteiger partial charge in [0.15, 0.2) is 6.10 Å². The summed E-state index contributed by atoms with van der Waals surface area (Å²) in [6, 6.07) is 0. The molecule has 6 heteroatoms. The molecule has 1 unspecified atom stereocenters. The lowest BCUT2D eigenvalue weighted by molar-refractivity contribution is -0.167. The average Bonchev–Trinajstić information content (AvgIpc) is 3.14. The van der Waals surface area contributed by atoms with Gasteiger partial charge in [0.2, 0.25) is 0 Å². The van der Waals surface area contributed by atoms with Gasteiger partial charge in [-0.05, 0) is 64.2 Å². The number of hydrogen-bond acceptors (Lipinski definition) is 6. The summed E-state index contributed by atoms with van der Waals surface area (Å²) < 4.78 is 16.6. The molecule has 6 nitrogen and oxygen atoms in total. The van der Waals surface area contributed by atoms with Crippen LogP contribution in [0.2, 0.25) is 0 Å². The second-order valence-corrected chi connectivity index (χ2v) is 15.0. The number of rotatable bonds is 40. The van der Waals surface area contributed by atoms with Crippen LogP contribution in [0, 0.1) is 0 Å². The van der Waals surface area contributed by atoms with Crippen LogP contribution in [0.15, 0.2) is 24.3 Å². The highest BCUT2D eigenvalue weighted by Crippen LogP contribution is 2.14. The summed E-state index contributed by atoms with van der Waals surface area (Å²) in [6.07, 6.45) is 44.5. The van der Waals surface area contributed by atoms with Crippen molar-refractivity contribution in [1.82, 2.24) is 0 Å². The van der Waals surface area contributed by atoms with Crippen LogP contribution in [0.1, 0.15) is 233 Å². The smallest absolute Gasteiger partial charge is 0.306 e. The maximum absolute atomic E-state index is 12.6. The van der Waals surface area contributed by atoms with Gasteiger partial charge in [-0.15, -0.1) is 0 Å². The zero-order valence-corrected chi connectivity index (χ0v) is 34.6. The molecular formula is C46H84O6. The minimum absolute atomic E-state index is 0.0752. The Hall–Kier alpha value is -2.11. The Bertz CT molecular complexity index is 850. The summed E-state index contributed by atoms with van der Waals surface area (Å²) in [7, 11) is 0. The second-order valence-electron chi connectivity index (χ2n) is 15.0. The van der Waals surface area contributed by atoms with Crippen molar-refractivity contribution in [3.8, 4) is 0 Å². The van der Waals surface area contributed by atoms with Crippen molar-refractivity contribution in [3.05, 3.63) is 24.3 Å². The number of ether oxygens (including phenoxy) is 3. The molecule has 0 saturated carbocycles. The molecule has 0 amide bonds. The Labute approximate surface area is 322 Å². The third-order valence-corrected chi connectivity index (χ3v) is 9.66. The maximum Gasteiger partial charge on any atom is 0.306 e. The lowest BCUT2D eigenvalue weighted by Gasteiger charge is -2.18. The van der Waals surface area contributed by atoms with Crippen molar-refractivity contribution in [2.24, 2.45) is 0 Å². The average molecular weight is 733 g/mol. The molecule has 0 heterocycles. The molecule has 0 aromatic rings. The molecule has 0 aliphatic rings. The summed E-state index contributed by atoms with van der Waals surface area (Å²) in [6.45, 7) is 6.53. The van der Waals surface area contributed by atoms with E-state index < -0.39 is 6.10 Å². The first-order valence-corrected chi connectivity index (χ1v) is 22.3. The first-order chi connectivity index (χ1) is 25.5. The van der Waals surface area contributed by atoms with E-state index in [1.54, 1.807) is 0 Å². The first kappa shape index (κ1) is 49.9. The number of esters is 3. The molecular weight excluding hydrogens is 649 g/mol. The molecule has 0 saturated heterocycles. The number of carbonyl (C=O) groups is 3. The highest BCUT2D eigenvalue weighted by molar-refractivity contribution is 5.71. The van der Waals surface area contributed by atoms with Crippen LogP contribution in [0.25, 0.3) is 0 Å². The van der Waals surface area contributed by atoms with Crippen LogP contribution in [-0.2, 0) is 28.6 Å². The molecule has 0 aliphatic heterocycles. The summed E-state index contributed by atoms with van der Waals surface area (Å²) in [5.41, 5.74) is 0. The Balaban J connectivity index is 4.33. The Morgan fingerprint density at radius 2 is 0.673 bits per heavy atom. The van der Waals surface area contributed by atoms with Crippen molar-refractivity contribution >= 4 is 17.9 Å². The van der Waals surface area contributed by atoms with Crippen LogP contribution >= 0.6 is 0 Å². The number of carbonyl (C=O) groups excluding carboxylic acids is 3. The van der Waals surface area contributed by atoms with Crippen LogP contribution in [0.4, 0.5) is 0 Å². The van der Waals surface area contributed by atoms with Gasteiger partial charge in [0.25, 0.3) is 0 Å². The van der Waals surface area contributed by atoms with Crippen LogP contribution in [0.3, 0.4) is 0 Å². The largest absolute Gasteiger partial charge is 0.462 e. The van der Waals surface area contributed by atoms with Crippen molar-refractivity contribution in [2.75, 3.05) is 13.2 Å². The van der Waals surface area contributed by atoms with Crippen molar-refractivity contribution in [1.29, 1.82) is 0 Å². The monoisotopic (exact) mass is 733 g/mol. The minimum atomic E-state index is -0.771. The maximum atomic E-state index is 12.6. The molecule has 304 valence electrons. The van der Waals surface area contributed by atoms with E-state index in [0.717, 1.165) is 83.5 Å². The zero-order chi connectivity index (χ0) is 38.0. The molecule has 0 radical (unpaired) electrons. The highest BCUT2D eigenvalue weighted by atomic mass is 16.6. The van der Waals surface area contributed by atoms with Gasteiger partial charge in [0.05, 0.1) is 0 Å². The normalized spacial score (nSPS) is 12.1. The van der Waals surface area contributed by atoms with E-state index in [9.17, 15) is 14.4 Å². The Morgan fingerprint density at radius 3 is 1.04 bits per heavy atom. The SMILES string of the molecule is CCC/C=C\CCCCCCCC(=O)OC(COC(=O)CCCCCCC/C=C\CCCCCCCC)COC(=O)CCCCCCCCCCC. The lowest BCUT2D eigenvalue weighted by Crippen LogP contribution is -2.30. The predicted octanol–water partition coefficient (Wildman–Crippen LogP) is 14.0. The van der Waals surface area contributed by atoms with Gasteiger partial charge in [-0.25, -0.2) is 0 Å². The predicted molar refractivity (Wildman–Crippen MR) is 219 cm³/mol. The van der Waals surface area contributed by atoms with E-state index in [1.165, 1.54) is 109 Å². The first-order valence-electron chi connectivity index (χ1n) is 22.3. The van der Waals surface area contributed by atoms with Gasteiger partial charge in [0.1, 0.15) is 13.2 Å². The number of hydrogen-bond donors (Lipinski definition) is 0. The summed E-state index contributed by atoms with van der Waals surface area (Å²) in [5.74, 6) is -0.895. The van der Waals surface area contributed by atoms with Crippen LogP contribution < -0.4 is 0 Å². The highest BCUT2D eigenvalue weighted by Gasteiger charge is 2.19. The van der Waals surface area contributed by atoms with E-state index in [0.29, 0.717) is 19.3 Å². The van der Waals surface area contributed by atoms with E-state index >= 15 is 0 Å². The van der Waals surface area contributed by atoms with E-state index in [1.807, 2.05) is 0 Å². The number of allylic oxidation sites excluding steroid dienone is 4. The number of unbranched alkanes of at least 4 members (excludes halogenated alkanes) is 25. The van der Waals surface area contributed by atoms with Gasteiger partial charge in [-0.2, -0.15) is 0 Å². The molecule has 0 rings (SSSR count). The van der Waals surface area contributed by atoms with Gasteiger partial charge >= 0.3 is 17.9 Å². The zero-order valence-electron chi connectivity index (χ0n) is 34.6.